The minimum atomic E-state index is 0.0821. The molecule has 1 aromatic rings. The Labute approximate surface area is 160 Å². The van der Waals surface area contributed by atoms with Crippen LogP contribution < -0.4 is 15.0 Å². The lowest BCUT2D eigenvalue weighted by molar-refractivity contribution is 0.171. The summed E-state index contributed by atoms with van der Waals surface area (Å²) < 4.78 is 5.47. The Morgan fingerprint density at radius 2 is 1.96 bits per heavy atom. The van der Waals surface area contributed by atoms with E-state index in [9.17, 15) is 4.79 Å². The van der Waals surface area contributed by atoms with Crippen molar-refractivity contribution in [3.63, 3.8) is 0 Å². The molecule has 0 spiro atoms. The zero-order valence-electron chi connectivity index (χ0n) is 15.6. The van der Waals surface area contributed by atoms with Gasteiger partial charge in [-0.2, -0.15) is 0 Å². The van der Waals surface area contributed by atoms with Gasteiger partial charge in [-0.25, -0.2) is 4.79 Å². The van der Waals surface area contributed by atoms with Crippen molar-refractivity contribution in [1.29, 1.82) is 0 Å². The normalized spacial score (nSPS) is 22.6. The third kappa shape index (κ3) is 3.73. The Bertz CT molecular complexity index is 663. The number of halogens is 1. The quantitative estimate of drug-likeness (QED) is 0.821. The fraction of sp³-hybridized carbons (Fsp3) is 0.650. The minimum Gasteiger partial charge on any atom is -0.495 e. The highest BCUT2D eigenvalue weighted by Crippen LogP contribution is 2.46. The predicted octanol–water partition coefficient (Wildman–Crippen LogP) is 3.76. The van der Waals surface area contributed by atoms with E-state index in [-0.39, 0.29) is 12.1 Å². The molecule has 3 fully saturated rings. The van der Waals surface area contributed by atoms with E-state index < -0.39 is 0 Å². The smallest absolute Gasteiger partial charge is 0.317 e. The molecular formula is C20H28ClN3O2. The molecule has 4 rings (SSSR count). The van der Waals surface area contributed by atoms with Crippen molar-refractivity contribution >= 4 is 23.3 Å². The van der Waals surface area contributed by atoms with Gasteiger partial charge in [-0.1, -0.05) is 11.6 Å². The van der Waals surface area contributed by atoms with Crippen molar-refractivity contribution in [2.75, 3.05) is 32.1 Å². The molecule has 26 heavy (non-hydrogen) atoms. The highest BCUT2D eigenvalue weighted by molar-refractivity contribution is 6.30. The van der Waals surface area contributed by atoms with Crippen LogP contribution in [0.4, 0.5) is 10.5 Å². The molecule has 1 aromatic carbocycles. The van der Waals surface area contributed by atoms with Gasteiger partial charge in [0, 0.05) is 37.2 Å². The van der Waals surface area contributed by atoms with Crippen LogP contribution in [0, 0.1) is 11.8 Å². The van der Waals surface area contributed by atoms with E-state index in [2.05, 4.69) is 10.2 Å². The first-order valence-corrected chi connectivity index (χ1v) is 10.1. The van der Waals surface area contributed by atoms with E-state index in [1.807, 2.05) is 30.1 Å². The van der Waals surface area contributed by atoms with E-state index in [4.69, 9.17) is 16.3 Å². The Morgan fingerprint density at radius 3 is 2.58 bits per heavy atom. The summed E-state index contributed by atoms with van der Waals surface area (Å²) in [5.74, 6) is 2.28. The molecule has 6 heteroatoms. The summed E-state index contributed by atoms with van der Waals surface area (Å²) in [7, 11) is 3.65. The highest BCUT2D eigenvalue weighted by atomic mass is 35.5. The summed E-state index contributed by atoms with van der Waals surface area (Å²) in [6.45, 7) is 1.67. The van der Waals surface area contributed by atoms with E-state index >= 15 is 0 Å². The molecule has 1 saturated heterocycles. The fourth-order valence-corrected chi connectivity index (χ4v) is 4.48. The molecule has 1 heterocycles. The number of nitrogens with zero attached hydrogens (tertiary/aromatic N) is 2. The van der Waals surface area contributed by atoms with Crippen LogP contribution in [0.25, 0.3) is 0 Å². The van der Waals surface area contributed by atoms with Gasteiger partial charge in [0.1, 0.15) is 5.75 Å². The van der Waals surface area contributed by atoms with Gasteiger partial charge in [0.15, 0.2) is 0 Å². The van der Waals surface area contributed by atoms with Gasteiger partial charge in [0.2, 0.25) is 0 Å². The molecule has 2 aliphatic carbocycles. The summed E-state index contributed by atoms with van der Waals surface area (Å²) in [4.78, 5) is 17.0. The number of methoxy groups -OCH3 is 1. The number of anilines is 1. The number of benzene rings is 1. The molecular weight excluding hydrogens is 350 g/mol. The van der Waals surface area contributed by atoms with E-state index in [1.54, 1.807) is 7.11 Å². The second kappa shape index (κ2) is 7.18. The van der Waals surface area contributed by atoms with Gasteiger partial charge in [0.05, 0.1) is 12.8 Å². The molecule has 1 aliphatic heterocycles. The fourth-order valence-electron chi connectivity index (χ4n) is 4.31. The molecule has 0 radical (unpaired) electrons. The van der Waals surface area contributed by atoms with Crippen LogP contribution in [0.3, 0.4) is 0 Å². The van der Waals surface area contributed by atoms with E-state index in [1.165, 1.54) is 25.7 Å². The number of hydrogen-bond acceptors (Lipinski definition) is 3. The van der Waals surface area contributed by atoms with Gasteiger partial charge in [-0.3, -0.25) is 0 Å². The molecule has 1 atom stereocenters. The summed E-state index contributed by atoms with van der Waals surface area (Å²) in [5, 5.41) is 3.95. The van der Waals surface area contributed by atoms with Crippen LogP contribution in [0.15, 0.2) is 18.2 Å². The molecule has 2 saturated carbocycles. The van der Waals surface area contributed by atoms with Gasteiger partial charge < -0.3 is 19.9 Å². The number of ether oxygens (including phenoxy) is 1. The second-order valence-corrected chi connectivity index (χ2v) is 8.41. The van der Waals surface area contributed by atoms with Crippen molar-refractivity contribution in [3.8, 4) is 5.75 Å². The first-order chi connectivity index (χ1) is 12.6. The largest absolute Gasteiger partial charge is 0.495 e. The van der Waals surface area contributed by atoms with Crippen molar-refractivity contribution in [3.05, 3.63) is 23.2 Å². The maximum Gasteiger partial charge on any atom is 0.317 e. The third-order valence-electron chi connectivity index (χ3n) is 5.97. The molecule has 1 N–H and O–H groups in total. The highest BCUT2D eigenvalue weighted by Gasteiger charge is 2.45. The molecule has 5 nitrogen and oxygen atoms in total. The van der Waals surface area contributed by atoms with Crippen LogP contribution in [0.5, 0.6) is 5.75 Å². The third-order valence-corrected chi connectivity index (χ3v) is 6.21. The van der Waals surface area contributed by atoms with Gasteiger partial charge in [0.25, 0.3) is 0 Å². The summed E-state index contributed by atoms with van der Waals surface area (Å²) >= 11 is 6.16. The van der Waals surface area contributed by atoms with Gasteiger partial charge in [-0.15, -0.1) is 0 Å². The molecule has 2 amide bonds. The standard InChI is InChI=1S/C20H28ClN3O2/c1-23(19(13-3-4-13)14-5-6-14)20(25)22-16-9-10-24(12-16)17-11-15(21)7-8-18(17)26-2/h7-8,11,13-14,16,19H,3-6,9-10,12H2,1-2H3,(H,22,25)/t16-/m0/s1. The van der Waals surface area contributed by atoms with Crippen molar-refractivity contribution in [2.45, 2.75) is 44.2 Å². The van der Waals surface area contributed by atoms with E-state index in [0.29, 0.717) is 11.1 Å². The number of hydrogen-bond donors (Lipinski definition) is 1. The molecule has 3 aliphatic rings. The number of urea groups is 1. The van der Waals surface area contributed by atoms with Crippen molar-refractivity contribution in [1.82, 2.24) is 10.2 Å². The average molecular weight is 378 g/mol. The number of carbonyl (C=O) groups excluding carboxylic acids is 1. The van der Waals surface area contributed by atoms with Crippen LogP contribution in [-0.2, 0) is 0 Å². The second-order valence-electron chi connectivity index (χ2n) is 7.97. The topological polar surface area (TPSA) is 44.8 Å². The van der Waals surface area contributed by atoms with Gasteiger partial charge in [-0.05, 0) is 62.1 Å². The number of amides is 2. The zero-order valence-corrected chi connectivity index (χ0v) is 16.3. The molecule has 0 aromatic heterocycles. The maximum atomic E-state index is 12.8. The maximum absolute atomic E-state index is 12.8. The minimum absolute atomic E-state index is 0.0821. The van der Waals surface area contributed by atoms with Crippen molar-refractivity contribution in [2.24, 2.45) is 11.8 Å². The SMILES string of the molecule is COc1ccc(Cl)cc1N1CC[C@H](NC(=O)N(C)C(C2CC2)C2CC2)C1. The Hall–Kier alpha value is -1.62. The van der Waals surface area contributed by atoms with Crippen LogP contribution in [0.1, 0.15) is 32.1 Å². The number of carbonyl (C=O) groups is 1. The zero-order chi connectivity index (χ0) is 18.3. The first-order valence-electron chi connectivity index (χ1n) is 9.68. The average Bonchev–Trinajstić information content (AvgIpc) is 3.56. The van der Waals surface area contributed by atoms with E-state index in [0.717, 1.165) is 42.8 Å². The number of nitrogens with one attached hydrogen (secondary N) is 1. The molecule has 142 valence electrons. The summed E-state index contributed by atoms with van der Waals surface area (Å²) in [5.41, 5.74) is 0.999. The monoisotopic (exact) mass is 377 g/mol. The van der Waals surface area contributed by atoms with Gasteiger partial charge >= 0.3 is 6.03 Å². The van der Waals surface area contributed by atoms with Crippen LogP contribution in [-0.4, -0.2) is 50.3 Å². The summed E-state index contributed by atoms with van der Waals surface area (Å²) in [6, 6.07) is 6.36. The lowest BCUT2D eigenvalue weighted by Crippen LogP contribution is -2.49. The van der Waals surface area contributed by atoms with Crippen LogP contribution >= 0.6 is 11.6 Å². The lowest BCUT2D eigenvalue weighted by Gasteiger charge is -2.30. The molecule has 0 bridgehead atoms. The Kier molecular flexibility index (Phi) is 4.91. The van der Waals surface area contributed by atoms with Crippen LogP contribution in [0.2, 0.25) is 5.02 Å². The summed E-state index contributed by atoms with van der Waals surface area (Å²) in [6.07, 6.45) is 6.07. The lowest BCUT2D eigenvalue weighted by atomic mass is 10.1. The Morgan fingerprint density at radius 1 is 1.27 bits per heavy atom. The predicted molar refractivity (Wildman–Crippen MR) is 104 cm³/mol. The first kappa shape index (κ1) is 17.8. The number of rotatable bonds is 6. The Balaban J connectivity index is 1.37. The molecule has 0 unspecified atom stereocenters. The van der Waals surface area contributed by atoms with Crippen molar-refractivity contribution < 1.29 is 9.53 Å².